The lowest BCUT2D eigenvalue weighted by atomic mass is 10.2. The second kappa shape index (κ2) is 4.41. The third-order valence-corrected chi connectivity index (χ3v) is 2.66. The Balaban J connectivity index is 2.53. The molecule has 0 saturated carbocycles. The Bertz CT molecular complexity index is 516. The third-order valence-electron chi connectivity index (χ3n) is 1.85. The minimum Gasteiger partial charge on any atom is -0.267 e. The van der Waals surface area contributed by atoms with Gasteiger partial charge in [0.2, 0.25) is 0 Å². The average Bonchev–Trinajstić information content (AvgIpc) is 2.67. The van der Waals surface area contributed by atoms with Gasteiger partial charge in [-0.3, -0.25) is 4.79 Å². The number of nitrogens with zero attached hydrogens (tertiary/aromatic N) is 3. The third kappa shape index (κ3) is 2.04. The van der Waals surface area contributed by atoms with Gasteiger partial charge in [0.15, 0.2) is 0 Å². The summed E-state index contributed by atoms with van der Waals surface area (Å²) in [4.78, 5) is 15.6. The van der Waals surface area contributed by atoms with Gasteiger partial charge in [0.05, 0.1) is 15.6 Å². The maximum Gasteiger partial charge on any atom is 0.282 e. The number of carbonyl (C=O) groups excluding carboxylic acids is 1. The first-order valence-corrected chi connectivity index (χ1v) is 5.27. The molecule has 4 nitrogen and oxygen atoms in total. The molecule has 16 heavy (non-hydrogen) atoms. The highest BCUT2D eigenvalue weighted by Gasteiger charge is 2.17. The molecule has 0 radical (unpaired) electrons. The van der Waals surface area contributed by atoms with Crippen LogP contribution in [0.4, 0.5) is 0 Å². The number of hydrogen-bond acceptors (Lipinski definition) is 3. The lowest BCUT2D eigenvalue weighted by Gasteiger charge is -2.05. The van der Waals surface area contributed by atoms with Crippen molar-refractivity contribution in [1.29, 1.82) is 0 Å². The monoisotopic (exact) mass is 275 g/mol. The van der Waals surface area contributed by atoms with E-state index in [0.717, 1.165) is 4.68 Å². The average molecular weight is 277 g/mol. The molecule has 0 fully saturated rings. The van der Waals surface area contributed by atoms with E-state index in [4.69, 9.17) is 34.8 Å². The topological polar surface area (TPSA) is 47.8 Å². The van der Waals surface area contributed by atoms with Crippen LogP contribution in [0.5, 0.6) is 0 Å². The number of hydrogen-bond donors (Lipinski definition) is 0. The Morgan fingerprint density at radius 2 is 1.81 bits per heavy atom. The van der Waals surface area contributed by atoms with Crippen molar-refractivity contribution in [3.05, 3.63) is 45.4 Å². The van der Waals surface area contributed by atoms with E-state index in [1.165, 1.54) is 24.8 Å². The van der Waals surface area contributed by atoms with Gasteiger partial charge in [0.25, 0.3) is 5.91 Å². The van der Waals surface area contributed by atoms with Crippen molar-refractivity contribution in [3.63, 3.8) is 0 Å². The van der Waals surface area contributed by atoms with Crippen LogP contribution < -0.4 is 0 Å². The second-order valence-electron chi connectivity index (χ2n) is 2.89. The molecule has 82 valence electrons. The smallest absolute Gasteiger partial charge is 0.267 e. The zero-order valence-corrected chi connectivity index (χ0v) is 9.96. The summed E-state index contributed by atoms with van der Waals surface area (Å²) in [7, 11) is 0. The van der Waals surface area contributed by atoms with Crippen LogP contribution in [0.2, 0.25) is 15.1 Å². The fourth-order valence-corrected chi connectivity index (χ4v) is 2.15. The fourth-order valence-electron chi connectivity index (χ4n) is 1.17. The van der Waals surface area contributed by atoms with Crippen LogP contribution in [-0.2, 0) is 0 Å². The molecule has 0 unspecified atom stereocenters. The lowest BCUT2D eigenvalue weighted by molar-refractivity contribution is 0.0945. The van der Waals surface area contributed by atoms with Crippen molar-refractivity contribution in [2.75, 3.05) is 0 Å². The summed E-state index contributed by atoms with van der Waals surface area (Å²) in [6.45, 7) is 0. The van der Waals surface area contributed by atoms with Gasteiger partial charge in [-0.2, -0.15) is 9.78 Å². The van der Waals surface area contributed by atoms with Crippen molar-refractivity contribution in [3.8, 4) is 0 Å². The summed E-state index contributed by atoms with van der Waals surface area (Å²) in [6.07, 6.45) is 2.51. The van der Waals surface area contributed by atoms with Gasteiger partial charge < -0.3 is 0 Å². The summed E-state index contributed by atoms with van der Waals surface area (Å²) in [5, 5.41) is 4.43. The highest BCUT2D eigenvalue weighted by Crippen LogP contribution is 2.29. The zero-order chi connectivity index (χ0) is 11.7. The van der Waals surface area contributed by atoms with Gasteiger partial charge >= 0.3 is 0 Å². The minimum absolute atomic E-state index is 0.151. The molecule has 0 amide bonds. The predicted molar refractivity (Wildman–Crippen MR) is 61.2 cm³/mol. The molecule has 1 aromatic carbocycles. The number of benzene rings is 1. The Morgan fingerprint density at radius 3 is 2.31 bits per heavy atom. The molecule has 1 aromatic heterocycles. The Hall–Kier alpha value is -1.10. The molecule has 0 bridgehead atoms. The fraction of sp³-hybridized carbons (Fsp3) is 0. The van der Waals surface area contributed by atoms with Crippen LogP contribution in [0.25, 0.3) is 0 Å². The Kier molecular flexibility index (Phi) is 3.14. The van der Waals surface area contributed by atoms with E-state index in [0.29, 0.717) is 5.02 Å². The van der Waals surface area contributed by atoms with Gasteiger partial charge in [-0.25, -0.2) is 4.98 Å². The molecule has 7 heteroatoms. The molecule has 1 heterocycles. The molecule has 0 aliphatic carbocycles. The van der Waals surface area contributed by atoms with Crippen LogP contribution in [0.3, 0.4) is 0 Å². The predicted octanol–water partition coefficient (Wildman–Crippen LogP) is 2.93. The van der Waals surface area contributed by atoms with Crippen molar-refractivity contribution < 1.29 is 4.79 Å². The molecule has 2 rings (SSSR count). The summed E-state index contributed by atoms with van der Waals surface area (Å²) >= 11 is 17.5. The molecule has 0 spiro atoms. The molecule has 0 atom stereocenters. The van der Waals surface area contributed by atoms with E-state index in [-0.39, 0.29) is 15.6 Å². The van der Waals surface area contributed by atoms with E-state index in [9.17, 15) is 4.79 Å². The van der Waals surface area contributed by atoms with Crippen molar-refractivity contribution >= 4 is 40.7 Å². The minimum atomic E-state index is -0.454. The molecule has 0 aliphatic rings. The van der Waals surface area contributed by atoms with E-state index in [1.54, 1.807) is 0 Å². The summed E-state index contributed by atoms with van der Waals surface area (Å²) in [5.41, 5.74) is 0.151. The van der Waals surface area contributed by atoms with E-state index < -0.39 is 5.91 Å². The second-order valence-corrected chi connectivity index (χ2v) is 4.14. The first-order valence-electron chi connectivity index (χ1n) is 4.13. The quantitative estimate of drug-likeness (QED) is 0.804. The number of halogens is 3. The largest absolute Gasteiger partial charge is 0.282 e. The molecule has 0 aliphatic heterocycles. The van der Waals surface area contributed by atoms with Crippen LogP contribution in [0.15, 0.2) is 24.8 Å². The number of rotatable bonds is 1. The van der Waals surface area contributed by atoms with Crippen LogP contribution >= 0.6 is 34.8 Å². The Morgan fingerprint density at radius 1 is 1.19 bits per heavy atom. The highest BCUT2D eigenvalue weighted by atomic mass is 35.5. The number of carbonyl (C=O) groups is 1. The summed E-state index contributed by atoms with van der Waals surface area (Å²) < 4.78 is 1.04. The maximum atomic E-state index is 11.9. The highest BCUT2D eigenvalue weighted by molar-refractivity contribution is 6.42. The van der Waals surface area contributed by atoms with Gasteiger partial charge in [0.1, 0.15) is 12.7 Å². The van der Waals surface area contributed by atoms with Gasteiger partial charge in [0, 0.05) is 5.02 Å². The SMILES string of the molecule is O=C(c1c(Cl)cc(Cl)cc1Cl)n1cncn1. The van der Waals surface area contributed by atoms with Gasteiger partial charge in [-0.15, -0.1) is 0 Å². The van der Waals surface area contributed by atoms with E-state index in [2.05, 4.69) is 10.1 Å². The van der Waals surface area contributed by atoms with Crippen LogP contribution in [0, 0.1) is 0 Å². The van der Waals surface area contributed by atoms with Crippen molar-refractivity contribution in [2.24, 2.45) is 0 Å². The normalized spacial score (nSPS) is 10.4. The first-order chi connectivity index (χ1) is 7.59. The first kappa shape index (κ1) is 11.4. The van der Waals surface area contributed by atoms with Crippen LogP contribution in [-0.4, -0.2) is 20.7 Å². The summed E-state index contributed by atoms with van der Waals surface area (Å²) in [5.74, 6) is -0.454. The molecule has 0 saturated heterocycles. The number of aromatic nitrogens is 3. The van der Waals surface area contributed by atoms with Crippen molar-refractivity contribution in [1.82, 2.24) is 14.8 Å². The molecular formula is C9H4Cl3N3O. The molecular weight excluding hydrogens is 272 g/mol. The van der Waals surface area contributed by atoms with Crippen LogP contribution in [0.1, 0.15) is 10.4 Å². The summed E-state index contributed by atoms with van der Waals surface area (Å²) in [6, 6.07) is 2.89. The standard InChI is InChI=1S/C9H4Cl3N3O/c10-5-1-6(11)8(7(12)2-5)9(16)15-4-13-3-14-15/h1-4H. The molecule has 2 aromatic rings. The van der Waals surface area contributed by atoms with Gasteiger partial charge in [-0.05, 0) is 12.1 Å². The zero-order valence-electron chi connectivity index (χ0n) is 7.69. The van der Waals surface area contributed by atoms with E-state index in [1.807, 2.05) is 0 Å². The molecule has 0 N–H and O–H groups in total. The van der Waals surface area contributed by atoms with Crippen molar-refractivity contribution in [2.45, 2.75) is 0 Å². The Labute approximate surface area is 106 Å². The van der Waals surface area contributed by atoms with Gasteiger partial charge in [-0.1, -0.05) is 34.8 Å². The van der Waals surface area contributed by atoms with E-state index >= 15 is 0 Å². The maximum absolute atomic E-state index is 11.9. The lowest BCUT2D eigenvalue weighted by Crippen LogP contribution is -2.13.